The Balaban J connectivity index is 0.000000151. The van der Waals surface area contributed by atoms with Crippen molar-refractivity contribution in [3.05, 3.63) is 221 Å². The van der Waals surface area contributed by atoms with Crippen molar-refractivity contribution in [2.45, 2.75) is 53.4 Å². The molecule has 0 spiro atoms. The van der Waals surface area contributed by atoms with Gasteiger partial charge in [0.15, 0.2) is 0 Å². The standard InChI is InChI=1S/2C29H22BrN2.Cu/c2*1-17-7-11-23(18(2)13-17)29-26-15-21(30)10-12-25(26)27(32-29)16-22-14-20-9-8-19-5-3-4-6-24(19)28(20)31-22;/h2*3-7,10-16H,8-9H2,1-2H3;/q2*-1;+2. The molecule has 0 atom stereocenters. The van der Waals surface area contributed by atoms with Crippen LogP contribution < -0.4 is 9.97 Å². The van der Waals surface area contributed by atoms with Crippen LogP contribution in [0.25, 0.3) is 56.2 Å². The van der Waals surface area contributed by atoms with E-state index in [2.05, 4.69) is 205 Å². The third-order valence-corrected chi connectivity index (χ3v) is 13.9. The van der Waals surface area contributed by atoms with Crippen molar-refractivity contribution >= 4 is 77.0 Å². The molecule has 7 heteroatoms. The minimum absolute atomic E-state index is 0. The first-order valence-electron chi connectivity index (χ1n) is 22.0. The summed E-state index contributed by atoms with van der Waals surface area (Å²) >= 11 is 7.30. The largest absolute Gasteiger partial charge is 2.00 e. The second-order valence-corrected chi connectivity index (χ2v) is 19.3. The molecule has 4 nitrogen and oxygen atoms in total. The monoisotopic (exact) mass is 1020 g/mol. The number of aromatic nitrogens is 2. The van der Waals surface area contributed by atoms with Gasteiger partial charge < -0.3 is 9.97 Å². The summed E-state index contributed by atoms with van der Waals surface area (Å²) in [5.74, 6) is 0. The summed E-state index contributed by atoms with van der Waals surface area (Å²) in [6, 6.07) is 43.2. The number of allylic oxidation sites excluding steroid dienone is 4. The van der Waals surface area contributed by atoms with Gasteiger partial charge in [-0.2, -0.15) is 0 Å². The van der Waals surface area contributed by atoms with Gasteiger partial charge >= 0.3 is 17.1 Å². The summed E-state index contributed by atoms with van der Waals surface area (Å²) in [4.78, 5) is 20.3. The van der Waals surface area contributed by atoms with Crippen molar-refractivity contribution in [2.75, 3.05) is 0 Å². The van der Waals surface area contributed by atoms with Gasteiger partial charge in [-0.1, -0.05) is 152 Å². The number of hydrogen-bond donors (Lipinski definition) is 0. The Morgan fingerprint density at radius 1 is 0.462 bits per heavy atom. The van der Waals surface area contributed by atoms with Crippen LogP contribution in [0.3, 0.4) is 0 Å². The first-order valence-corrected chi connectivity index (χ1v) is 23.6. The number of rotatable bonds is 4. The molecule has 0 N–H and O–H groups in total. The quantitative estimate of drug-likeness (QED) is 0.165. The zero-order valence-corrected chi connectivity index (χ0v) is 40.6. The number of fused-ring (bicyclic) bond motifs is 8. The molecule has 6 aromatic carbocycles. The topological polar surface area (TPSA) is 52.9 Å². The molecule has 0 fully saturated rings. The number of hydrogen-bond acceptors (Lipinski definition) is 2. The fraction of sp³-hybridized carbons (Fsp3) is 0.138. The molecule has 4 aliphatic rings. The molecule has 0 saturated carbocycles. The van der Waals surface area contributed by atoms with Crippen LogP contribution in [0.4, 0.5) is 0 Å². The van der Waals surface area contributed by atoms with E-state index in [1.807, 2.05) is 0 Å². The molecule has 0 bridgehead atoms. The summed E-state index contributed by atoms with van der Waals surface area (Å²) in [5.41, 5.74) is 23.6. The molecule has 2 aliphatic carbocycles. The van der Waals surface area contributed by atoms with Gasteiger partial charge in [-0.15, -0.1) is 22.8 Å². The Kier molecular flexibility index (Phi) is 11.6. The molecule has 2 aliphatic heterocycles. The summed E-state index contributed by atoms with van der Waals surface area (Å²) in [7, 11) is 0. The van der Waals surface area contributed by atoms with Crippen molar-refractivity contribution in [1.29, 1.82) is 0 Å². The molecule has 0 unspecified atom stereocenters. The summed E-state index contributed by atoms with van der Waals surface area (Å²) in [5, 5.41) is 4.65. The maximum Gasteiger partial charge on any atom is 2.00 e. The van der Waals surface area contributed by atoms with Crippen LogP contribution in [0.15, 0.2) is 175 Å². The number of benzene rings is 6. The van der Waals surface area contributed by atoms with Crippen molar-refractivity contribution in [1.82, 2.24) is 9.97 Å². The van der Waals surface area contributed by atoms with Gasteiger partial charge in [-0.25, -0.2) is 9.98 Å². The molecule has 2 aromatic heterocycles. The van der Waals surface area contributed by atoms with E-state index >= 15 is 0 Å². The van der Waals surface area contributed by atoms with E-state index in [1.165, 1.54) is 77.6 Å². The maximum absolute atomic E-state index is 5.12. The van der Waals surface area contributed by atoms with Crippen LogP contribution in [-0.2, 0) is 29.9 Å². The van der Waals surface area contributed by atoms with E-state index < -0.39 is 0 Å². The normalized spacial score (nSPS) is 15.9. The number of halogens is 2. The van der Waals surface area contributed by atoms with Crippen LogP contribution in [0.5, 0.6) is 0 Å². The number of nitrogens with zero attached hydrogens (tertiary/aromatic N) is 4. The van der Waals surface area contributed by atoms with Crippen LogP contribution in [0, 0.1) is 27.7 Å². The summed E-state index contributed by atoms with van der Waals surface area (Å²) < 4.78 is 2.13. The van der Waals surface area contributed by atoms with Gasteiger partial charge in [-0.05, 0) is 156 Å². The number of aliphatic imine (C=N–C) groups is 2. The minimum Gasteiger partial charge on any atom is -0.656 e. The molecule has 12 rings (SSSR count). The van der Waals surface area contributed by atoms with Crippen LogP contribution in [-0.4, -0.2) is 11.4 Å². The molecule has 8 aromatic rings. The first-order chi connectivity index (χ1) is 31.1. The van der Waals surface area contributed by atoms with Gasteiger partial charge in [0.2, 0.25) is 0 Å². The Morgan fingerprint density at radius 2 is 0.892 bits per heavy atom. The van der Waals surface area contributed by atoms with Crippen LogP contribution in [0.2, 0.25) is 0 Å². The van der Waals surface area contributed by atoms with Gasteiger partial charge in [-0.3, -0.25) is 0 Å². The second-order valence-electron chi connectivity index (χ2n) is 17.4. The van der Waals surface area contributed by atoms with E-state index in [0.29, 0.717) is 0 Å². The summed E-state index contributed by atoms with van der Waals surface area (Å²) in [6.45, 7) is 8.58. The van der Waals surface area contributed by atoms with Crippen molar-refractivity contribution in [2.24, 2.45) is 9.98 Å². The third kappa shape index (κ3) is 8.14. The average Bonchev–Trinajstić information content (AvgIpc) is 4.07. The van der Waals surface area contributed by atoms with E-state index in [-0.39, 0.29) is 17.1 Å². The fourth-order valence-corrected chi connectivity index (χ4v) is 10.6. The Hall–Kier alpha value is -5.82. The van der Waals surface area contributed by atoms with Crippen molar-refractivity contribution < 1.29 is 17.1 Å². The SMILES string of the molecule is Cc1ccc(-c2[n-]c(C=C3C=C4CCc5ccccc5C4=N3)c3ccc(Br)cc23)c(C)c1.Cc1ccc(-c2[n-]c(C=C3C=C4CCc5ccccc5C4=N3)c3ccc(Br)cc23)c(C)c1.[Cu+2]. The maximum atomic E-state index is 5.12. The van der Waals surface area contributed by atoms with Crippen LogP contribution >= 0.6 is 31.9 Å². The van der Waals surface area contributed by atoms with Crippen molar-refractivity contribution in [3.8, 4) is 22.5 Å². The van der Waals surface area contributed by atoms with Crippen molar-refractivity contribution in [3.63, 3.8) is 0 Å². The molecule has 321 valence electrons. The predicted molar refractivity (Wildman–Crippen MR) is 274 cm³/mol. The van der Waals surface area contributed by atoms with E-state index in [1.54, 1.807) is 0 Å². The summed E-state index contributed by atoms with van der Waals surface area (Å²) in [6.07, 6.45) is 13.0. The molecule has 65 heavy (non-hydrogen) atoms. The average molecular weight is 1020 g/mol. The van der Waals surface area contributed by atoms with E-state index in [0.717, 1.165) is 91.0 Å². The Labute approximate surface area is 407 Å². The van der Waals surface area contributed by atoms with Gasteiger partial charge in [0.25, 0.3) is 0 Å². The van der Waals surface area contributed by atoms with Gasteiger partial charge in [0, 0.05) is 20.1 Å². The van der Waals surface area contributed by atoms with Crippen LogP contribution in [0.1, 0.15) is 68.7 Å². The molecule has 0 saturated heterocycles. The fourth-order valence-electron chi connectivity index (χ4n) is 9.86. The minimum atomic E-state index is 0. The molecular weight excluding hydrogens is 976 g/mol. The third-order valence-electron chi connectivity index (χ3n) is 12.9. The molecule has 1 radical (unpaired) electrons. The molecular formula is C58H44Br2CuN4. The smallest absolute Gasteiger partial charge is 0.656 e. The zero-order chi connectivity index (χ0) is 43.6. The Bertz CT molecular complexity index is 3230. The van der Waals surface area contributed by atoms with E-state index in [4.69, 9.17) is 20.0 Å². The zero-order valence-electron chi connectivity index (χ0n) is 36.5. The molecule has 4 heterocycles. The second kappa shape index (κ2) is 17.5. The van der Waals surface area contributed by atoms with Gasteiger partial charge in [0.05, 0.1) is 22.8 Å². The van der Waals surface area contributed by atoms with Gasteiger partial charge in [0.1, 0.15) is 0 Å². The molecule has 0 amide bonds. The predicted octanol–water partition coefficient (Wildman–Crippen LogP) is 15.1. The van der Waals surface area contributed by atoms with E-state index in [9.17, 15) is 0 Å². The number of aryl methyl sites for hydroxylation is 6. The Morgan fingerprint density at radius 3 is 1.32 bits per heavy atom. The first kappa shape index (κ1) is 43.1.